The number of rotatable bonds is 4. The highest BCUT2D eigenvalue weighted by molar-refractivity contribution is 6.07. The van der Waals surface area contributed by atoms with Crippen LogP contribution in [0.1, 0.15) is 52.4 Å². The molecule has 0 aromatic rings. The predicted octanol–water partition coefficient (Wildman–Crippen LogP) is 1.20. The maximum absolute atomic E-state index is 13.3. The van der Waals surface area contributed by atoms with Crippen molar-refractivity contribution in [2.24, 2.45) is 5.92 Å². The summed E-state index contributed by atoms with van der Waals surface area (Å²) in [5.74, 6) is 0.597. The van der Waals surface area contributed by atoms with Gasteiger partial charge in [-0.15, -0.1) is 0 Å². The normalized spacial score (nSPS) is 28.6. The van der Waals surface area contributed by atoms with Crippen molar-refractivity contribution in [3.05, 3.63) is 0 Å². The summed E-state index contributed by atoms with van der Waals surface area (Å²) in [5.41, 5.74) is -0.727. The van der Waals surface area contributed by atoms with Crippen molar-refractivity contribution >= 4 is 17.8 Å². The van der Waals surface area contributed by atoms with Crippen LogP contribution in [0.2, 0.25) is 0 Å². The smallest absolute Gasteiger partial charge is 0.325 e. The lowest BCUT2D eigenvalue weighted by atomic mass is 9.86. The summed E-state index contributed by atoms with van der Waals surface area (Å²) in [7, 11) is 0. The number of hydrogen-bond acceptors (Lipinski definition) is 5. The molecule has 0 radical (unpaired) electrons. The van der Waals surface area contributed by atoms with Crippen LogP contribution < -0.4 is 5.32 Å². The van der Waals surface area contributed by atoms with Gasteiger partial charge in [-0.25, -0.2) is 4.79 Å². The molecule has 8 heteroatoms. The first-order chi connectivity index (χ1) is 13.9. The Hall–Kier alpha value is -1.67. The van der Waals surface area contributed by atoms with Gasteiger partial charge in [0.05, 0.1) is 0 Å². The fraction of sp³-hybridized carbons (Fsp3) is 0.857. The SMILES string of the molecule is CC(C)CN1CCC2(CC1)NC(=O)N(C1CCN(C(=O)[C@H]3CCCO3)CC1)C2=O. The standard InChI is InChI=1S/C21H34N4O4/c1-15(2)14-23-11-7-21(8-12-23)19(27)25(20(28)22-21)16-5-9-24(10-6-16)18(26)17-4-3-13-29-17/h15-17H,3-14H2,1-2H3,(H,22,28)/t17-/m1/s1. The number of urea groups is 1. The fourth-order valence-corrected chi connectivity index (χ4v) is 5.27. The topological polar surface area (TPSA) is 82.2 Å². The van der Waals surface area contributed by atoms with Gasteiger partial charge in [0.1, 0.15) is 11.6 Å². The molecule has 29 heavy (non-hydrogen) atoms. The Balaban J connectivity index is 1.33. The number of nitrogens with one attached hydrogen (secondary N) is 1. The molecular formula is C21H34N4O4. The Bertz CT molecular complexity index is 645. The number of hydrogen-bond donors (Lipinski definition) is 1. The summed E-state index contributed by atoms with van der Waals surface area (Å²) in [6.45, 7) is 8.92. The molecular weight excluding hydrogens is 372 g/mol. The van der Waals surface area contributed by atoms with E-state index in [0.717, 1.165) is 32.5 Å². The van der Waals surface area contributed by atoms with Crippen LogP contribution in [-0.2, 0) is 14.3 Å². The molecule has 4 aliphatic rings. The maximum atomic E-state index is 13.3. The molecule has 0 aliphatic carbocycles. The van der Waals surface area contributed by atoms with Gasteiger partial charge in [0, 0.05) is 45.4 Å². The molecule has 1 atom stereocenters. The van der Waals surface area contributed by atoms with E-state index < -0.39 is 5.54 Å². The first-order valence-electron chi connectivity index (χ1n) is 11.2. The summed E-state index contributed by atoms with van der Waals surface area (Å²) in [6.07, 6.45) is 4.07. The van der Waals surface area contributed by atoms with Crippen molar-refractivity contribution < 1.29 is 19.1 Å². The largest absolute Gasteiger partial charge is 0.368 e. The van der Waals surface area contributed by atoms with Crippen LogP contribution in [-0.4, -0.2) is 89.6 Å². The van der Waals surface area contributed by atoms with E-state index in [-0.39, 0.29) is 30.0 Å². The summed E-state index contributed by atoms with van der Waals surface area (Å²) in [5, 5.41) is 3.03. The molecule has 0 aromatic carbocycles. The summed E-state index contributed by atoms with van der Waals surface area (Å²) in [6, 6.07) is -0.375. The van der Waals surface area contributed by atoms with E-state index in [1.54, 1.807) is 0 Å². The zero-order valence-corrected chi connectivity index (χ0v) is 17.7. The first-order valence-corrected chi connectivity index (χ1v) is 11.2. The molecule has 0 bridgehead atoms. The second kappa shape index (κ2) is 8.22. The van der Waals surface area contributed by atoms with Gasteiger partial charge in [-0.3, -0.25) is 14.5 Å². The Labute approximate surface area is 172 Å². The number of nitrogens with zero attached hydrogens (tertiary/aromatic N) is 3. The van der Waals surface area contributed by atoms with Gasteiger partial charge in [0.15, 0.2) is 0 Å². The second-order valence-electron chi connectivity index (χ2n) is 9.44. The van der Waals surface area contributed by atoms with Gasteiger partial charge in [0.25, 0.3) is 11.8 Å². The van der Waals surface area contributed by atoms with E-state index in [0.29, 0.717) is 51.3 Å². The van der Waals surface area contributed by atoms with Gasteiger partial charge in [-0.05, 0) is 44.4 Å². The van der Waals surface area contributed by atoms with E-state index >= 15 is 0 Å². The van der Waals surface area contributed by atoms with Crippen molar-refractivity contribution in [1.82, 2.24) is 20.0 Å². The third kappa shape index (κ3) is 4.01. The van der Waals surface area contributed by atoms with Gasteiger partial charge >= 0.3 is 6.03 Å². The summed E-state index contributed by atoms with van der Waals surface area (Å²) < 4.78 is 5.51. The fourth-order valence-electron chi connectivity index (χ4n) is 5.27. The van der Waals surface area contributed by atoms with Gasteiger partial charge < -0.3 is 19.9 Å². The number of carbonyl (C=O) groups excluding carboxylic acids is 3. The number of likely N-dealkylation sites (tertiary alicyclic amines) is 2. The molecule has 0 unspecified atom stereocenters. The number of piperidine rings is 2. The maximum Gasteiger partial charge on any atom is 0.325 e. The van der Waals surface area contributed by atoms with Gasteiger partial charge in [-0.1, -0.05) is 13.8 Å². The lowest BCUT2D eigenvalue weighted by Gasteiger charge is -2.39. The minimum Gasteiger partial charge on any atom is -0.368 e. The quantitative estimate of drug-likeness (QED) is 0.710. The highest BCUT2D eigenvalue weighted by atomic mass is 16.5. The lowest BCUT2D eigenvalue weighted by molar-refractivity contribution is -0.143. The number of ether oxygens (including phenoxy) is 1. The van der Waals surface area contributed by atoms with Crippen LogP contribution in [0.25, 0.3) is 0 Å². The molecule has 4 rings (SSSR count). The van der Waals surface area contributed by atoms with Gasteiger partial charge in [0.2, 0.25) is 0 Å². The lowest BCUT2D eigenvalue weighted by Crippen LogP contribution is -2.56. The third-order valence-electron chi connectivity index (χ3n) is 6.87. The Morgan fingerprint density at radius 1 is 1.14 bits per heavy atom. The van der Waals surface area contributed by atoms with E-state index in [2.05, 4.69) is 24.1 Å². The van der Waals surface area contributed by atoms with Crippen LogP contribution in [0.15, 0.2) is 0 Å². The molecule has 4 heterocycles. The molecule has 8 nitrogen and oxygen atoms in total. The molecule has 1 spiro atoms. The van der Waals surface area contributed by atoms with Crippen LogP contribution in [0.4, 0.5) is 4.79 Å². The van der Waals surface area contributed by atoms with Crippen molar-refractivity contribution in [2.45, 2.75) is 70.1 Å². The Morgan fingerprint density at radius 3 is 2.41 bits per heavy atom. The monoisotopic (exact) mass is 406 g/mol. The van der Waals surface area contributed by atoms with Crippen molar-refractivity contribution in [2.75, 3.05) is 39.3 Å². The minimum absolute atomic E-state index is 0.0596. The molecule has 4 saturated heterocycles. The van der Waals surface area contributed by atoms with E-state index in [1.165, 1.54) is 4.90 Å². The Kier molecular flexibility index (Phi) is 5.84. The molecule has 4 amide bonds. The second-order valence-corrected chi connectivity index (χ2v) is 9.44. The minimum atomic E-state index is -0.727. The highest BCUT2D eigenvalue weighted by Crippen LogP contribution is 2.33. The highest BCUT2D eigenvalue weighted by Gasteiger charge is 2.54. The number of imide groups is 1. The van der Waals surface area contributed by atoms with E-state index in [9.17, 15) is 14.4 Å². The molecule has 162 valence electrons. The van der Waals surface area contributed by atoms with E-state index in [4.69, 9.17) is 4.74 Å². The Morgan fingerprint density at radius 2 is 1.83 bits per heavy atom. The molecule has 4 aliphatic heterocycles. The van der Waals surface area contributed by atoms with Crippen molar-refractivity contribution in [1.29, 1.82) is 0 Å². The van der Waals surface area contributed by atoms with Crippen molar-refractivity contribution in [3.63, 3.8) is 0 Å². The molecule has 1 N–H and O–H groups in total. The molecule has 4 fully saturated rings. The zero-order chi connectivity index (χ0) is 20.6. The first kappa shape index (κ1) is 20.6. The van der Waals surface area contributed by atoms with Crippen LogP contribution >= 0.6 is 0 Å². The van der Waals surface area contributed by atoms with Crippen molar-refractivity contribution in [3.8, 4) is 0 Å². The van der Waals surface area contributed by atoms with Crippen LogP contribution in [0.3, 0.4) is 0 Å². The zero-order valence-electron chi connectivity index (χ0n) is 17.7. The predicted molar refractivity (Wildman–Crippen MR) is 107 cm³/mol. The number of amides is 4. The average Bonchev–Trinajstić information content (AvgIpc) is 3.31. The molecule has 0 aromatic heterocycles. The number of carbonyl (C=O) groups is 3. The average molecular weight is 407 g/mol. The van der Waals surface area contributed by atoms with E-state index in [1.807, 2.05) is 4.90 Å². The van der Waals surface area contributed by atoms with Crippen LogP contribution in [0, 0.1) is 5.92 Å². The molecule has 0 saturated carbocycles. The third-order valence-corrected chi connectivity index (χ3v) is 6.87. The summed E-state index contributed by atoms with van der Waals surface area (Å²) >= 11 is 0. The summed E-state index contributed by atoms with van der Waals surface area (Å²) in [4.78, 5) is 44.2. The van der Waals surface area contributed by atoms with Crippen LogP contribution in [0.5, 0.6) is 0 Å². The van der Waals surface area contributed by atoms with Gasteiger partial charge in [-0.2, -0.15) is 0 Å².